The molecule has 3 heteroatoms. The van der Waals surface area contributed by atoms with E-state index in [4.69, 9.17) is 15.0 Å². The molecule has 1 aliphatic carbocycles. The van der Waals surface area contributed by atoms with Crippen LogP contribution in [0.4, 0.5) is 0 Å². The zero-order chi connectivity index (χ0) is 48.0. The van der Waals surface area contributed by atoms with Crippen molar-refractivity contribution in [1.82, 2.24) is 15.0 Å². The van der Waals surface area contributed by atoms with E-state index in [0.29, 0.717) is 0 Å². The number of hydrogen-bond donors (Lipinski definition) is 0. The summed E-state index contributed by atoms with van der Waals surface area (Å²) in [6.07, 6.45) is 0. The van der Waals surface area contributed by atoms with Crippen LogP contribution in [0.15, 0.2) is 261 Å². The van der Waals surface area contributed by atoms with Crippen molar-refractivity contribution in [3.8, 4) is 56.0 Å². The molecule has 0 amide bonds. The molecule has 338 valence electrons. The molecular weight excluding hydrogens is 883 g/mol. The van der Waals surface area contributed by atoms with Crippen LogP contribution in [0.3, 0.4) is 0 Å². The average Bonchev–Trinajstić information content (AvgIpc) is 3.81. The first-order valence-corrected chi connectivity index (χ1v) is 25.1. The van der Waals surface area contributed by atoms with Crippen LogP contribution in [0, 0.1) is 0 Å². The Balaban J connectivity index is 0.825. The van der Waals surface area contributed by atoms with Crippen LogP contribution < -0.4 is 0 Å². The summed E-state index contributed by atoms with van der Waals surface area (Å²) in [5.41, 5.74) is 18.4. The van der Waals surface area contributed by atoms with Gasteiger partial charge in [-0.05, 0) is 120 Å². The van der Waals surface area contributed by atoms with Gasteiger partial charge in [0.1, 0.15) is 0 Å². The van der Waals surface area contributed by atoms with Gasteiger partial charge in [0, 0.05) is 38.2 Å². The Kier molecular flexibility index (Phi) is 9.18. The Morgan fingerprint density at radius 3 is 1.51 bits per heavy atom. The van der Waals surface area contributed by atoms with Crippen molar-refractivity contribution >= 4 is 65.0 Å². The highest BCUT2D eigenvalue weighted by atomic mass is 14.8. The molecule has 0 bridgehead atoms. The molecule has 11 aromatic carbocycles. The topological polar surface area (TPSA) is 38.7 Å². The normalized spacial score (nSPS) is 12.8. The second kappa shape index (κ2) is 16.2. The molecule has 0 N–H and O–H groups in total. The van der Waals surface area contributed by atoms with Crippen molar-refractivity contribution in [3.05, 3.63) is 283 Å². The zero-order valence-electron chi connectivity index (χ0n) is 39.7. The first-order chi connectivity index (χ1) is 36.2. The van der Waals surface area contributed by atoms with Crippen molar-refractivity contribution in [3.63, 3.8) is 0 Å². The van der Waals surface area contributed by atoms with Crippen molar-refractivity contribution in [2.45, 2.75) is 5.41 Å². The highest BCUT2D eigenvalue weighted by Gasteiger charge is 2.46. The van der Waals surface area contributed by atoms with Crippen LogP contribution in [-0.4, -0.2) is 15.0 Å². The molecule has 0 saturated carbocycles. The smallest absolute Gasteiger partial charge is 0.0972 e. The fraction of sp³-hybridized carbons (Fsp3) is 0.0143. The lowest BCUT2D eigenvalue weighted by Crippen LogP contribution is -2.28. The van der Waals surface area contributed by atoms with Gasteiger partial charge in [-0.25, -0.2) is 15.0 Å². The van der Waals surface area contributed by atoms with Crippen LogP contribution >= 0.6 is 0 Å². The minimum absolute atomic E-state index is 0.493. The van der Waals surface area contributed by atoms with Crippen molar-refractivity contribution < 1.29 is 0 Å². The fourth-order valence-electron chi connectivity index (χ4n) is 12.1. The Labute approximate surface area is 422 Å². The lowest BCUT2D eigenvalue weighted by atomic mass is 9.67. The van der Waals surface area contributed by atoms with Crippen LogP contribution in [0.5, 0.6) is 0 Å². The summed E-state index contributed by atoms with van der Waals surface area (Å²) in [6.45, 7) is 0. The van der Waals surface area contributed by atoms with Crippen LogP contribution in [0.2, 0.25) is 0 Å². The first kappa shape index (κ1) is 41.2. The first-order valence-electron chi connectivity index (χ1n) is 25.1. The Morgan fingerprint density at radius 1 is 0.260 bits per heavy atom. The number of fused-ring (bicyclic) bond motifs is 12. The second-order valence-electron chi connectivity index (χ2n) is 19.4. The molecular formula is C70H43N3. The summed E-state index contributed by atoms with van der Waals surface area (Å²) in [6, 6.07) is 94.9. The SMILES string of the molecule is c1ccc(-c2ccc3ccc4ccc(-c5ccc6c(ccc7cc(-c8cccc(-c9nc%10ccccc%10c%10cc%11c(cc9%10)-c9ccccc9C%11(c9ccccc9)c9ccccc9)c8)ccc76)c5)nc4c3n2)cc1. The molecule has 3 heterocycles. The Bertz CT molecular complexity index is 4500. The molecule has 0 aliphatic heterocycles. The number of rotatable bonds is 6. The van der Waals surface area contributed by atoms with E-state index in [2.05, 4.69) is 255 Å². The molecule has 3 nitrogen and oxygen atoms in total. The molecule has 0 atom stereocenters. The average molecular weight is 926 g/mol. The van der Waals surface area contributed by atoms with Crippen LogP contribution in [-0.2, 0) is 5.41 Å². The minimum atomic E-state index is -0.493. The number of para-hydroxylation sites is 1. The van der Waals surface area contributed by atoms with E-state index in [-0.39, 0.29) is 0 Å². The Morgan fingerprint density at radius 2 is 0.795 bits per heavy atom. The maximum absolute atomic E-state index is 5.49. The van der Waals surface area contributed by atoms with E-state index in [9.17, 15) is 0 Å². The van der Waals surface area contributed by atoms with E-state index in [1.165, 1.54) is 60.3 Å². The van der Waals surface area contributed by atoms with Gasteiger partial charge in [-0.15, -0.1) is 0 Å². The maximum atomic E-state index is 5.49. The quantitative estimate of drug-likeness (QED) is 0.156. The van der Waals surface area contributed by atoms with Gasteiger partial charge in [-0.3, -0.25) is 0 Å². The van der Waals surface area contributed by atoms with Gasteiger partial charge in [0.25, 0.3) is 0 Å². The molecule has 0 fully saturated rings. The standard InChI is InChI=1S/C70H43N3/c1-4-15-44(16-5-1)64-37-33-45-27-28-46-34-38-65(72-69(46)68(45)71-64)51-32-36-56-50(41-51)30-29-49-39-48(31-35-55(49)56)47-17-14-18-52(40-47)67-61-42-60-57-23-10-12-25-62(57)70(53-19-6-2-7-20-53,54-21-8-3-9-22-54)63(60)43-59(61)58-24-11-13-26-66(58)73-67/h1-43H. The third kappa shape index (κ3) is 6.42. The molecule has 73 heavy (non-hydrogen) atoms. The molecule has 1 aliphatic rings. The highest BCUT2D eigenvalue weighted by molar-refractivity contribution is 6.14. The van der Waals surface area contributed by atoms with E-state index < -0.39 is 5.41 Å². The zero-order valence-corrected chi connectivity index (χ0v) is 39.7. The summed E-state index contributed by atoms with van der Waals surface area (Å²) in [4.78, 5) is 15.9. The second-order valence-corrected chi connectivity index (χ2v) is 19.4. The van der Waals surface area contributed by atoms with Crippen LogP contribution in [0.25, 0.3) is 121 Å². The monoisotopic (exact) mass is 925 g/mol. The summed E-state index contributed by atoms with van der Waals surface area (Å²) in [7, 11) is 0. The van der Waals surface area contributed by atoms with Gasteiger partial charge < -0.3 is 0 Å². The van der Waals surface area contributed by atoms with E-state index in [0.717, 1.165) is 83.0 Å². The van der Waals surface area contributed by atoms with Gasteiger partial charge in [-0.1, -0.05) is 212 Å². The highest BCUT2D eigenvalue weighted by Crippen LogP contribution is 2.57. The summed E-state index contributed by atoms with van der Waals surface area (Å²) in [5, 5.41) is 10.5. The van der Waals surface area contributed by atoms with Gasteiger partial charge >= 0.3 is 0 Å². The van der Waals surface area contributed by atoms with E-state index >= 15 is 0 Å². The van der Waals surface area contributed by atoms with Gasteiger partial charge in [0.2, 0.25) is 0 Å². The molecule has 3 aromatic heterocycles. The summed E-state index contributed by atoms with van der Waals surface area (Å²) in [5.74, 6) is 0. The molecule has 0 spiro atoms. The van der Waals surface area contributed by atoms with Gasteiger partial charge in [-0.2, -0.15) is 0 Å². The van der Waals surface area contributed by atoms with Gasteiger partial charge in [0.15, 0.2) is 0 Å². The fourth-order valence-corrected chi connectivity index (χ4v) is 12.1. The van der Waals surface area contributed by atoms with Crippen molar-refractivity contribution in [2.24, 2.45) is 0 Å². The predicted molar refractivity (Wildman–Crippen MR) is 304 cm³/mol. The van der Waals surface area contributed by atoms with Crippen LogP contribution in [0.1, 0.15) is 22.3 Å². The lowest BCUT2D eigenvalue weighted by Gasteiger charge is -2.34. The van der Waals surface area contributed by atoms with E-state index in [1.54, 1.807) is 0 Å². The molecule has 0 unspecified atom stereocenters. The summed E-state index contributed by atoms with van der Waals surface area (Å²) >= 11 is 0. The minimum Gasteiger partial charge on any atom is -0.247 e. The molecule has 14 aromatic rings. The molecule has 15 rings (SSSR count). The third-order valence-corrected chi connectivity index (χ3v) is 15.5. The number of aromatic nitrogens is 3. The van der Waals surface area contributed by atoms with E-state index in [1.807, 2.05) is 6.07 Å². The third-order valence-electron chi connectivity index (χ3n) is 15.5. The molecule has 0 saturated heterocycles. The lowest BCUT2D eigenvalue weighted by molar-refractivity contribution is 0.769. The largest absolute Gasteiger partial charge is 0.247 e. The number of hydrogen-bond acceptors (Lipinski definition) is 3. The number of pyridine rings is 3. The Hall–Kier alpha value is -9.57. The maximum Gasteiger partial charge on any atom is 0.0972 e. The van der Waals surface area contributed by atoms with Gasteiger partial charge in [0.05, 0.1) is 39.0 Å². The number of benzene rings is 11. The molecule has 0 radical (unpaired) electrons. The summed E-state index contributed by atoms with van der Waals surface area (Å²) < 4.78 is 0. The van der Waals surface area contributed by atoms with Crippen molar-refractivity contribution in [1.29, 1.82) is 0 Å². The predicted octanol–water partition coefficient (Wildman–Crippen LogP) is 17.8. The van der Waals surface area contributed by atoms with Crippen molar-refractivity contribution in [2.75, 3.05) is 0 Å². The number of nitrogens with zero attached hydrogens (tertiary/aromatic N) is 3.